The Labute approximate surface area is 101 Å². The molecular formula is C11H18ClN3O. The minimum atomic E-state index is 0.213. The highest BCUT2D eigenvalue weighted by Crippen LogP contribution is 2.34. The van der Waals surface area contributed by atoms with Crippen LogP contribution < -0.4 is 5.32 Å². The van der Waals surface area contributed by atoms with Crippen molar-refractivity contribution in [1.82, 2.24) is 15.1 Å². The summed E-state index contributed by atoms with van der Waals surface area (Å²) in [5.41, 5.74) is 1.05. The first-order valence-corrected chi connectivity index (χ1v) is 5.97. The molecule has 1 aromatic rings. The third-order valence-corrected chi connectivity index (χ3v) is 3.54. The smallest absolute Gasteiger partial charge is 0.0834 e. The van der Waals surface area contributed by atoms with Crippen LogP contribution in [0.4, 0.5) is 0 Å². The fraction of sp³-hybridized carbons (Fsp3) is 0.727. The Hall–Kier alpha value is -0.580. The third-order valence-electron chi connectivity index (χ3n) is 3.24. The lowest BCUT2D eigenvalue weighted by Gasteiger charge is -2.22. The molecule has 1 fully saturated rings. The Morgan fingerprint density at radius 1 is 1.69 bits per heavy atom. The molecule has 1 aromatic heterocycles. The summed E-state index contributed by atoms with van der Waals surface area (Å²) in [6.07, 6.45) is 3.10. The maximum absolute atomic E-state index is 6.17. The van der Waals surface area contributed by atoms with Crippen molar-refractivity contribution < 1.29 is 4.74 Å². The lowest BCUT2D eigenvalue weighted by Crippen LogP contribution is -2.28. The van der Waals surface area contributed by atoms with Crippen LogP contribution in [0.25, 0.3) is 0 Å². The first-order valence-electron chi connectivity index (χ1n) is 5.59. The summed E-state index contributed by atoms with van der Waals surface area (Å²) in [6, 6.07) is 0.213. The topological polar surface area (TPSA) is 39.1 Å². The molecule has 4 nitrogen and oxygen atoms in total. The van der Waals surface area contributed by atoms with Crippen LogP contribution >= 0.6 is 11.6 Å². The SMILES string of the molecule is CNC(c1c(Cl)cnn1C)C1COC(C)C1. The molecule has 0 aliphatic carbocycles. The van der Waals surface area contributed by atoms with Crippen molar-refractivity contribution in [2.45, 2.75) is 25.5 Å². The van der Waals surface area contributed by atoms with Crippen LogP contribution in [0.3, 0.4) is 0 Å². The van der Waals surface area contributed by atoms with Crippen LogP contribution in [0.2, 0.25) is 5.02 Å². The quantitative estimate of drug-likeness (QED) is 0.879. The van der Waals surface area contributed by atoms with Gasteiger partial charge in [0, 0.05) is 13.0 Å². The molecule has 16 heavy (non-hydrogen) atoms. The Bertz CT molecular complexity index is 347. The van der Waals surface area contributed by atoms with Gasteiger partial charge >= 0.3 is 0 Å². The maximum atomic E-state index is 6.17. The van der Waals surface area contributed by atoms with E-state index < -0.39 is 0 Å². The minimum Gasteiger partial charge on any atom is -0.378 e. The summed E-state index contributed by atoms with van der Waals surface area (Å²) in [6.45, 7) is 2.89. The van der Waals surface area contributed by atoms with E-state index in [1.165, 1.54) is 0 Å². The van der Waals surface area contributed by atoms with Gasteiger partial charge in [0.15, 0.2) is 0 Å². The molecule has 2 heterocycles. The van der Waals surface area contributed by atoms with Gasteiger partial charge in [-0.1, -0.05) is 11.6 Å². The molecule has 0 bridgehead atoms. The monoisotopic (exact) mass is 243 g/mol. The summed E-state index contributed by atoms with van der Waals surface area (Å²) >= 11 is 6.17. The molecule has 0 radical (unpaired) electrons. The average molecular weight is 244 g/mol. The lowest BCUT2D eigenvalue weighted by molar-refractivity contribution is 0.117. The number of nitrogens with one attached hydrogen (secondary N) is 1. The highest BCUT2D eigenvalue weighted by molar-refractivity contribution is 6.31. The summed E-state index contributed by atoms with van der Waals surface area (Å²) in [5.74, 6) is 0.466. The standard InChI is InChI=1S/C11H18ClN3O/c1-7-4-8(6-16-7)10(13-2)11-9(12)5-14-15(11)3/h5,7-8,10,13H,4,6H2,1-3H3. The zero-order valence-electron chi connectivity index (χ0n) is 9.90. The summed E-state index contributed by atoms with van der Waals surface area (Å²) in [5, 5.41) is 8.23. The highest BCUT2D eigenvalue weighted by Gasteiger charge is 2.32. The molecule has 3 unspecified atom stereocenters. The van der Waals surface area contributed by atoms with E-state index in [1.807, 2.05) is 18.8 Å². The van der Waals surface area contributed by atoms with Gasteiger partial charge in [-0.15, -0.1) is 0 Å². The molecule has 3 atom stereocenters. The van der Waals surface area contributed by atoms with Crippen LogP contribution in [0, 0.1) is 5.92 Å². The van der Waals surface area contributed by atoms with Crippen LogP contribution in [-0.2, 0) is 11.8 Å². The lowest BCUT2D eigenvalue weighted by atomic mass is 9.94. The molecule has 0 saturated carbocycles. The van der Waals surface area contributed by atoms with Crippen molar-refractivity contribution in [3.05, 3.63) is 16.9 Å². The first-order chi connectivity index (χ1) is 7.63. The third kappa shape index (κ3) is 2.10. The molecule has 1 aliphatic heterocycles. The molecule has 5 heteroatoms. The molecule has 0 aromatic carbocycles. The van der Waals surface area contributed by atoms with Crippen molar-refractivity contribution in [3.8, 4) is 0 Å². The number of halogens is 1. The van der Waals surface area contributed by atoms with Crippen molar-refractivity contribution in [3.63, 3.8) is 0 Å². The number of hydrogen-bond acceptors (Lipinski definition) is 3. The van der Waals surface area contributed by atoms with Crippen LogP contribution in [0.15, 0.2) is 6.20 Å². The number of rotatable bonds is 3. The van der Waals surface area contributed by atoms with Gasteiger partial charge in [-0.25, -0.2) is 0 Å². The van der Waals surface area contributed by atoms with Gasteiger partial charge < -0.3 is 10.1 Å². The summed E-state index contributed by atoms with van der Waals surface area (Å²) in [7, 11) is 3.88. The van der Waals surface area contributed by atoms with Gasteiger partial charge in [0.2, 0.25) is 0 Å². The van der Waals surface area contributed by atoms with E-state index in [0.717, 1.165) is 23.7 Å². The minimum absolute atomic E-state index is 0.213. The van der Waals surface area contributed by atoms with Gasteiger partial charge in [-0.3, -0.25) is 4.68 Å². The summed E-state index contributed by atoms with van der Waals surface area (Å²) < 4.78 is 7.45. The van der Waals surface area contributed by atoms with E-state index in [-0.39, 0.29) is 6.04 Å². The van der Waals surface area contributed by atoms with Crippen molar-refractivity contribution in [2.75, 3.05) is 13.7 Å². The fourth-order valence-electron chi connectivity index (χ4n) is 2.45. The molecule has 0 spiro atoms. The molecule has 1 N–H and O–H groups in total. The fourth-order valence-corrected chi connectivity index (χ4v) is 2.73. The predicted octanol–water partition coefficient (Wildman–Crippen LogP) is 1.76. The second-order valence-electron chi connectivity index (χ2n) is 4.41. The molecule has 1 aliphatic rings. The van der Waals surface area contributed by atoms with Gasteiger partial charge in [-0.2, -0.15) is 5.10 Å². The first kappa shape index (κ1) is 11.9. The Morgan fingerprint density at radius 3 is 2.88 bits per heavy atom. The predicted molar refractivity (Wildman–Crippen MR) is 63.5 cm³/mol. The van der Waals surface area contributed by atoms with Gasteiger partial charge in [0.05, 0.1) is 35.7 Å². The molecule has 90 valence electrons. The van der Waals surface area contributed by atoms with Crippen LogP contribution in [0.1, 0.15) is 25.1 Å². The number of ether oxygens (including phenoxy) is 1. The van der Waals surface area contributed by atoms with Crippen LogP contribution in [0.5, 0.6) is 0 Å². The second-order valence-corrected chi connectivity index (χ2v) is 4.81. The van der Waals surface area contributed by atoms with Gasteiger partial charge in [0.25, 0.3) is 0 Å². The van der Waals surface area contributed by atoms with E-state index >= 15 is 0 Å². The van der Waals surface area contributed by atoms with Crippen molar-refractivity contribution in [1.29, 1.82) is 0 Å². The van der Waals surface area contributed by atoms with E-state index in [4.69, 9.17) is 16.3 Å². The van der Waals surface area contributed by atoms with E-state index in [1.54, 1.807) is 6.20 Å². The van der Waals surface area contributed by atoms with Gasteiger partial charge in [0.1, 0.15) is 0 Å². The number of aromatic nitrogens is 2. The Kier molecular flexibility index (Phi) is 3.52. The van der Waals surface area contributed by atoms with Crippen LogP contribution in [-0.4, -0.2) is 29.5 Å². The zero-order chi connectivity index (χ0) is 11.7. The molecule has 1 saturated heterocycles. The number of hydrogen-bond donors (Lipinski definition) is 1. The highest BCUT2D eigenvalue weighted by atomic mass is 35.5. The average Bonchev–Trinajstić information content (AvgIpc) is 2.80. The molecule has 2 rings (SSSR count). The molecular weight excluding hydrogens is 226 g/mol. The maximum Gasteiger partial charge on any atom is 0.0834 e. The largest absolute Gasteiger partial charge is 0.378 e. The van der Waals surface area contributed by atoms with E-state index in [9.17, 15) is 0 Å². The van der Waals surface area contributed by atoms with Gasteiger partial charge in [-0.05, 0) is 20.4 Å². The van der Waals surface area contributed by atoms with Crippen molar-refractivity contribution in [2.24, 2.45) is 13.0 Å². The second kappa shape index (κ2) is 4.73. The van der Waals surface area contributed by atoms with E-state index in [2.05, 4.69) is 17.3 Å². The summed E-state index contributed by atoms with van der Waals surface area (Å²) in [4.78, 5) is 0. The number of nitrogens with zero attached hydrogens (tertiary/aromatic N) is 2. The number of aryl methyl sites for hydroxylation is 1. The normalized spacial score (nSPS) is 27.2. The molecule has 0 amide bonds. The Morgan fingerprint density at radius 2 is 2.44 bits per heavy atom. The van der Waals surface area contributed by atoms with Crippen molar-refractivity contribution >= 4 is 11.6 Å². The zero-order valence-corrected chi connectivity index (χ0v) is 10.7. The Balaban J connectivity index is 2.22. The van der Waals surface area contributed by atoms with E-state index in [0.29, 0.717) is 12.0 Å².